The van der Waals surface area contributed by atoms with Crippen LogP contribution in [0.3, 0.4) is 0 Å². The number of nitrogens with one attached hydrogen (secondary N) is 1. The van der Waals surface area contributed by atoms with Gasteiger partial charge in [0.15, 0.2) is 5.13 Å². The second-order valence-electron chi connectivity index (χ2n) is 2.48. The van der Waals surface area contributed by atoms with Crippen molar-refractivity contribution >= 4 is 34.0 Å². The maximum absolute atomic E-state index is 5.63. The van der Waals surface area contributed by atoms with E-state index in [0.29, 0.717) is 11.8 Å². The zero-order valence-electron chi connectivity index (χ0n) is 7.14. The summed E-state index contributed by atoms with van der Waals surface area (Å²) in [5.74, 6) is 0.969. The van der Waals surface area contributed by atoms with Crippen LogP contribution in [0.15, 0.2) is 23.8 Å². The minimum atomic E-state index is 0.424. The number of hydrogen-bond donors (Lipinski definition) is 1. The molecule has 6 heteroatoms. The van der Waals surface area contributed by atoms with Crippen molar-refractivity contribution in [1.29, 1.82) is 0 Å². The quantitative estimate of drug-likeness (QED) is 0.817. The molecular weight excluding hydrogens is 220 g/mol. The molecule has 0 unspecified atom stereocenters. The summed E-state index contributed by atoms with van der Waals surface area (Å²) in [6, 6.07) is 1.76. The highest BCUT2D eigenvalue weighted by Gasteiger charge is 2.01. The Kier molecular flexibility index (Phi) is 2.90. The molecule has 4 nitrogen and oxygen atoms in total. The summed E-state index contributed by atoms with van der Waals surface area (Å²) in [5.41, 5.74) is 0.857. The van der Waals surface area contributed by atoms with Gasteiger partial charge in [-0.25, -0.2) is 15.0 Å². The summed E-state index contributed by atoms with van der Waals surface area (Å²) in [7, 11) is 0. The topological polar surface area (TPSA) is 50.7 Å². The fourth-order valence-electron chi connectivity index (χ4n) is 0.885. The third-order valence-electron chi connectivity index (χ3n) is 1.47. The Labute approximate surface area is 90.0 Å². The molecule has 0 aliphatic carbocycles. The third kappa shape index (κ3) is 2.18. The van der Waals surface area contributed by atoms with E-state index in [2.05, 4.69) is 20.3 Å². The van der Waals surface area contributed by atoms with Crippen LogP contribution in [0.4, 0.5) is 11.1 Å². The molecule has 2 heterocycles. The van der Waals surface area contributed by atoms with E-state index in [9.17, 15) is 0 Å². The Hall–Kier alpha value is -1.20. The zero-order chi connectivity index (χ0) is 9.80. The minimum absolute atomic E-state index is 0.424. The van der Waals surface area contributed by atoms with Gasteiger partial charge in [0.2, 0.25) is 5.95 Å². The molecule has 0 saturated heterocycles. The zero-order valence-corrected chi connectivity index (χ0v) is 8.72. The van der Waals surface area contributed by atoms with Crippen molar-refractivity contribution in [1.82, 2.24) is 15.0 Å². The number of thiazole rings is 1. The summed E-state index contributed by atoms with van der Waals surface area (Å²) in [5, 5.41) is 5.64. The average molecular weight is 227 g/mol. The van der Waals surface area contributed by atoms with E-state index in [-0.39, 0.29) is 0 Å². The predicted molar refractivity (Wildman–Crippen MR) is 57.0 cm³/mol. The van der Waals surface area contributed by atoms with Crippen LogP contribution >= 0.6 is 22.9 Å². The number of aromatic nitrogens is 3. The standard InChI is InChI=1S/C8H7ClN4S/c9-4-6-5-14-8(12-6)13-7-10-2-1-3-11-7/h1-3,5H,4H2,(H,10,11,12,13). The average Bonchev–Trinajstić information content (AvgIpc) is 2.67. The molecular formula is C8H7ClN4S. The lowest BCUT2D eigenvalue weighted by Gasteiger charge is -1.97. The second-order valence-corrected chi connectivity index (χ2v) is 3.60. The monoisotopic (exact) mass is 226 g/mol. The summed E-state index contributed by atoms with van der Waals surface area (Å²) in [6.45, 7) is 0. The SMILES string of the molecule is ClCc1csc(Nc2ncccn2)n1. The normalized spacial score (nSPS) is 10.1. The summed E-state index contributed by atoms with van der Waals surface area (Å²) in [6.07, 6.45) is 3.34. The predicted octanol–water partition coefficient (Wildman–Crippen LogP) is 2.42. The van der Waals surface area contributed by atoms with Crippen molar-refractivity contribution in [3.8, 4) is 0 Å². The van der Waals surface area contributed by atoms with Crippen LogP contribution in [0.2, 0.25) is 0 Å². The van der Waals surface area contributed by atoms with Crippen LogP contribution < -0.4 is 5.32 Å². The summed E-state index contributed by atoms with van der Waals surface area (Å²) in [4.78, 5) is 12.3. The minimum Gasteiger partial charge on any atom is -0.300 e. The number of alkyl halides is 1. The third-order valence-corrected chi connectivity index (χ3v) is 2.55. The van der Waals surface area contributed by atoms with E-state index in [1.807, 2.05) is 5.38 Å². The van der Waals surface area contributed by atoms with Crippen molar-refractivity contribution < 1.29 is 0 Å². The summed E-state index contributed by atoms with van der Waals surface area (Å²) >= 11 is 7.11. The molecule has 2 aromatic rings. The van der Waals surface area contributed by atoms with Crippen molar-refractivity contribution in [2.75, 3.05) is 5.32 Å². The molecule has 1 N–H and O–H groups in total. The van der Waals surface area contributed by atoms with Gasteiger partial charge in [-0.05, 0) is 6.07 Å². The molecule has 0 fully saturated rings. The molecule has 0 spiro atoms. The Morgan fingerprint density at radius 3 is 2.79 bits per heavy atom. The van der Waals surface area contributed by atoms with Gasteiger partial charge in [0.25, 0.3) is 0 Å². The first-order valence-electron chi connectivity index (χ1n) is 3.93. The largest absolute Gasteiger partial charge is 0.300 e. The maximum Gasteiger partial charge on any atom is 0.228 e. The molecule has 0 saturated carbocycles. The first kappa shape index (κ1) is 9.36. The van der Waals surface area contributed by atoms with E-state index in [1.165, 1.54) is 11.3 Å². The van der Waals surface area contributed by atoms with Crippen molar-refractivity contribution in [3.63, 3.8) is 0 Å². The number of hydrogen-bond acceptors (Lipinski definition) is 5. The van der Waals surface area contributed by atoms with Crippen molar-refractivity contribution in [2.24, 2.45) is 0 Å². The van der Waals surface area contributed by atoms with Crippen LogP contribution in [0.1, 0.15) is 5.69 Å². The highest BCUT2D eigenvalue weighted by molar-refractivity contribution is 7.13. The Balaban J connectivity index is 2.11. The van der Waals surface area contributed by atoms with Crippen LogP contribution in [-0.4, -0.2) is 15.0 Å². The van der Waals surface area contributed by atoms with Gasteiger partial charge in [-0.3, -0.25) is 0 Å². The summed E-state index contributed by atoms with van der Waals surface area (Å²) < 4.78 is 0. The number of halogens is 1. The van der Waals surface area contributed by atoms with E-state index < -0.39 is 0 Å². The Morgan fingerprint density at radius 2 is 2.14 bits per heavy atom. The lowest BCUT2D eigenvalue weighted by molar-refractivity contribution is 1.15. The highest BCUT2D eigenvalue weighted by atomic mass is 35.5. The Bertz CT molecular complexity index is 403. The van der Waals surface area contributed by atoms with Crippen LogP contribution in [0, 0.1) is 0 Å². The fourth-order valence-corrected chi connectivity index (χ4v) is 1.82. The Morgan fingerprint density at radius 1 is 1.36 bits per heavy atom. The molecule has 0 radical (unpaired) electrons. The van der Waals surface area contributed by atoms with Gasteiger partial charge in [-0.15, -0.1) is 22.9 Å². The first-order valence-corrected chi connectivity index (χ1v) is 5.34. The highest BCUT2D eigenvalue weighted by Crippen LogP contribution is 2.18. The van der Waals surface area contributed by atoms with E-state index in [0.717, 1.165) is 10.8 Å². The lowest BCUT2D eigenvalue weighted by Crippen LogP contribution is -1.94. The molecule has 0 aliphatic heterocycles. The van der Waals surface area contributed by atoms with Crippen LogP contribution in [0.5, 0.6) is 0 Å². The smallest absolute Gasteiger partial charge is 0.228 e. The molecule has 0 atom stereocenters. The van der Waals surface area contributed by atoms with Gasteiger partial charge >= 0.3 is 0 Å². The van der Waals surface area contributed by atoms with E-state index >= 15 is 0 Å². The number of rotatable bonds is 3. The fraction of sp³-hybridized carbons (Fsp3) is 0.125. The first-order chi connectivity index (χ1) is 6.88. The van der Waals surface area contributed by atoms with Gasteiger partial charge in [0, 0.05) is 17.8 Å². The molecule has 0 bridgehead atoms. The van der Waals surface area contributed by atoms with Gasteiger partial charge < -0.3 is 5.32 Å². The van der Waals surface area contributed by atoms with Gasteiger partial charge in [-0.1, -0.05) is 0 Å². The molecule has 72 valence electrons. The van der Waals surface area contributed by atoms with Crippen molar-refractivity contribution in [3.05, 3.63) is 29.5 Å². The van der Waals surface area contributed by atoms with Gasteiger partial charge in [-0.2, -0.15) is 0 Å². The molecule has 14 heavy (non-hydrogen) atoms. The molecule has 0 amide bonds. The molecule has 0 aliphatic rings. The van der Waals surface area contributed by atoms with Gasteiger partial charge in [0.05, 0.1) is 11.6 Å². The van der Waals surface area contributed by atoms with E-state index in [4.69, 9.17) is 11.6 Å². The van der Waals surface area contributed by atoms with Crippen LogP contribution in [-0.2, 0) is 5.88 Å². The lowest BCUT2D eigenvalue weighted by atomic mass is 10.6. The second kappa shape index (κ2) is 4.34. The molecule has 0 aromatic carbocycles. The van der Waals surface area contributed by atoms with E-state index in [1.54, 1.807) is 18.5 Å². The maximum atomic E-state index is 5.63. The number of nitrogens with zero attached hydrogens (tertiary/aromatic N) is 3. The van der Waals surface area contributed by atoms with Crippen LogP contribution in [0.25, 0.3) is 0 Å². The molecule has 2 aromatic heterocycles. The van der Waals surface area contributed by atoms with Gasteiger partial charge in [0.1, 0.15) is 0 Å². The van der Waals surface area contributed by atoms with Crippen molar-refractivity contribution in [2.45, 2.75) is 5.88 Å². The number of anilines is 2. The molecule has 2 rings (SSSR count).